The van der Waals surface area contributed by atoms with Gasteiger partial charge in [0.25, 0.3) is 0 Å². The summed E-state index contributed by atoms with van der Waals surface area (Å²) in [6.45, 7) is 0. The van der Waals surface area contributed by atoms with Crippen molar-refractivity contribution in [2.24, 2.45) is 0 Å². The van der Waals surface area contributed by atoms with Crippen LogP contribution in [0.5, 0.6) is 0 Å². The predicted octanol–water partition coefficient (Wildman–Crippen LogP) is 7.97. The first-order chi connectivity index (χ1) is 13.9. The first-order valence-electron chi connectivity index (χ1n) is 9.71. The van der Waals surface area contributed by atoms with Crippen LogP contribution in [-0.4, -0.2) is 0 Å². The topological polar surface area (TPSA) is 0 Å². The van der Waals surface area contributed by atoms with E-state index in [4.69, 9.17) is 0 Å². The Balaban J connectivity index is 1.93. The van der Waals surface area contributed by atoms with Crippen LogP contribution in [0, 0.1) is 0 Å². The molecular weight excluding hydrogens is 336 g/mol. The van der Waals surface area contributed by atoms with Crippen LogP contribution in [0.3, 0.4) is 0 Å². The molecule has 0 bridgehead atoms. The van der Waals surface area contributed by atoms with E-state index in [9.17, 15) is 0 Å². The van der Waals surface area contributed by atoms with Gasteiger partial charge in [0.1, 0.15) is 0 Å². The third-order valence-corrected chi connectivity index (χ3v) is 5.81. The number of hydrogen-bond donors (Lipinski definition) is 0. The minimum absolute atomic E-state index is 1.28. The van der Waals surface area contributed by atoms with Crippen molar-refractivity contribution in [2.45, 2.75) is 0 Å². The zero-order chi connectivity index (χ0) is 18.5. The predicted molar refractivity (Wildman–Crippen MR) is 122 cm³/mol. The molecule has 0 saturated heterocycles. The van der Waals surface area contributed by atoms with Crippen LogP contribution in [0.15, 0.2) is 109 Å². The third-order valence-electron chi connectivity index (χ3n) is 5.81. The van der Waals surface area contributed by atoms with Gasteiger partial charge < -0.3 is 0 Å². The normalized spacial score (nSPS) is 11.6. The molecule has 6 rings (SSSR count). The Morgan fingerprint density at radius 1 is 0.357 bits per heavy atom. The van der Waals surface area contributed by atoms with Crippen molar-refractivity contribution in [1.29, 1.82) is 0 Å². The van der Waals surface area contributed by atoms with Gasteiger partial charge in [-0.2, -0.15) is 0 Å². The highest BCUT2D eigenvalue weighted by atomic mass is 14.2. The van der Waals surface area contributed by atoms with E-state index in [-0.39, 0.29) is 0 Å². The summed E-state index contributed by atoms with van der Waals surface area (Å²) in [6.07, 6.45) is 0. The summed E-state index contributed by atoms with van der Waals surface area (Å²) in [4.78, 5) is 0. The summed E-state index contributed by atoms with van der Waals surface area (Å²) >= 11 is 0. The number of rotatable bonds is 1. The average molecular weight is 354 g/mol. The van der Waals surface area contributed by atoms with Crippen molar-refractivity contribution in [3.63, 3.8) is 0 Å². The van der Waals surface area contributed by atoms with Gasteiger partial charge in [-0.15, -0.1) is 0 Å². The van der Waals surface area contributed by atoms with E-state index in [1.165, 1.54) is 54.2 Å². The van der Waals surface area contributed by atoms with Crippen LogP contribution in [0.2, 0.25) is 0 Å². The van der Waals surface area contributed by atoms with Crippen LogP contribution < -0.4 is 0 Å². The van der Waals surface area contributed by atoms with Crippen LogP contribution >= 0.6 is 0 Å². The number of hydrogen-bond acceptors (Lipinski definition) is 0. The molecule has 0 heterocycles. The molecule has 28 heavy (non-hydrogen) atoms. The zero-order valence-electron chi connectivity index (χ0n) is 15.4. The van der Waals surface area contributed by atoms with Gasteiger partial charge in [0.05, 0.1) is 0 Å². The molecule has 0 aliphatic carbocycles. The fraction of sp³-hybridized carbons (Fsp3) is 0. The highest BCUT2D eigenvalue weighted by Crippen LogP contribution is 2.42. The molecule has 0 radical (unpaired) electrons. The zero-order valence-corrected chi connectivity index (χ0v) is 15.4. The lowest BCUT2D eigenvalue weighted by atomic mass is 9.87. The van der Waals surface area contributed by atoms with Gasteiger partial charge in [0.2, 0.25) is 0 Å². The first kappa shape index (κ1) is 15.4. The number of fused-ring (bicyclic) bond motifs is 5. The van der Waals surface area contributed by atoms with Gasteiger partial charge >= 0.3 is 0 Å². The van der Waals surface area contributed by atoms with Crippen LogP contribution in [0.25, 0.3) is 54.2 Å². The second kappa shape index (κ2) is 5.94. The van der Waals surface area contributed by atoms with E-state index in [1.54, 1.807) is 0 Å². The molecular formula is C28H18. The molecule has 130 valence electrons. The molecule has 0 aromatic heterocycles. The van der Waals surface area contributed by atoms with Crippen molar-refractivity contribution < 1.29 is 0 Å². The summed E-state index contributed by atoms with van der Waals surface area (Å²) in [5, 5.41) is 10.4. The molecule has 0 saturated carbocycles. The molecule has 0 heteroatoms. The van der Waals surface area contributed by atoms with E-state index in [1.807, 2.05) is 0 Å². The third kappa shape index (κ3) is 2.18. The highest BCUT2D eigenvalue weighted by molar-refractivity contribution is 6.24. The quantitative estimate of drug-likeness (QED) is 0.207. The molecule has 0 spiro atoms. The van der Waals surface area contributed by atoms with Crippen molar-refractivity contribution in [3.8, 4) is 11.1 Å². The van der Waals surface area contributed by atoms with Crippen LogP contribution in [-0.2, 0) is 0 Å². The smallest absolute Gasteiger partial charge is 0.00143 e. The molecule has 6 aromatic carbocycles. The van der Waals surface area contributed by atoms with Crippen molar-refractivity contribution in [2.75, 3.05) is 0 Å². The highest BCUT2D eigenvalue weighted by Gasteiger charge is 2.14. The second-order valence-corrected chi connectivity index (χ2v) is 7.38. The molecule has 0 atom stereocenters. The Hall–Kier alpha value is -3.64. The van der Waals surface area contributed by atoms with Crippen molar-refractivity contribution >= 4 is 43.1 Å². The van der Waals surface area contributed by atoms with Gasteiger partial charge in [-0.3, -0.25) is 0 Å². The molecule has 0 nitrogen and oxygen atoms in total. The Bertz CT molecular complexity index is 1500. The summed E-state index contributed by atoms with van der Waals surface area (Å²) in [5.41, 5.74) is 2.64. The second-order valence-electron chi connectivity index (χ2n) is 7.38. The van der Waals surface area contributed by atoms with Gasteiger partial charge in [0.15, 0.2) is 0 Å². The standard InChI is InChI=1S/C28H18/c1-4-12-23-19(8-1)11-7-15-26(23)28-25-14-6-3-10-21(25)18-22-17-16-20-9-2-5-13-24(20)27(22)28/h1-18H. The largest absolute Gasteiger partial charge is 0.0616 e. The monoisotopic (exact) mass is 354 g/mol. The van der Waals surface area contributed by atoms with E-state index in [0.29, 0.717) is 0 Å². The van der Waals surface area contributed by atoms with E-state index in [0.717, 1.165) is 0 Å². The molecule has 6 aromatic rings. The maximum absolute atomic E-state index is 2.33. The Morgan fingerprint density at radius 2 is 0.929 bits per heavy atom. The SMILES string of the molecule is c1ccc2c(-c3c4ccccc4cc4ccc5ccccc5c34)cccc2c1. The molecule has 0 fully saturated rings. The maximum atomic E-state index is 2.33. The minimum atomic E-state index is 1.28. The summed E-state index contributed by atoms with van der Waals surface area (Å²) < 4.78 is 0. The summed E-state index contributed by atoms with van der Waals surface area (Å²) in [7, 11) is 0. The van der Waals surface area contributed by atoms with Gasteiger partial charge in [-0.05, 0) is 60.3 Å². The number of benzene rings is 6. The van der Waals surface area contributed by atoms with E-state index < -0.39 is 0 Å². The fourth-order valence-corrected chi connectivity index (χ4v) is 4.56. The molecule has 0 unspecified atom stereocenters. The molecule has 0 aliphatic heterocycles. The van der Waals surface area contributed by atoms with Crippen LogP contribution in [0.4, 0.5) is 0 Å². The molecule has 0 N–H and O–H groups in total. The lowest BCUT2D eigenvalue weighted by Crippen LogP contribution is -1.88. The minimum Gasteiger partial charge on any atom is -0.0616 e. The summed E-state index contributed by atoms with van der Waals surface area (Å²) in [6, 6.07) is 39.6. The van der Waals surface area contributed by atoms with Gasteiger partial charge in [0, 0.05) is 0 Å². The fourth-order valence-electron chi connectivity index (χ4n) is 4.56. The average Bonchev–Trinajstić information content (AvgIpc) is 2.77. The van der Waals surface area contributed by atoms with Crippen molar-refractivity contribution in [3.05, 3.63) is 109 Å². The lowest BCUT2D eigenvalue weighted by Gasteiger charge is -2.16. The lowest BCUT2D eigenvalue weighted by molar-refractivity contribution is 1.71. The van der Waals surface area contributed by atoms with Crippen molar-refractivity contribution in [1.82, 2.24) is 0 Å². The Morgan fingerprint density at radius 3 is 1.75 bits per heavy atom. The Kier molecular flexibility index (Phi) is 3.27. The maximum Gasteiger partial charge on any atom is -0.00143 e. The van der Waals surface area contributed by atoms with E-state index >= 15 is 0 Å². The molecule has 0 amide bonds. The van der Waals surface area contributed by atoms with Gasteiger partial charge in [-0.25, -0.2) is 0 Å². The Labute approximate surface area is 163 Å². The van der Waals surface area contributed by atoms with Gasteiger partial charge in [-0.1, -0.05) is 103 Å². The molecule has 0 aliphatic rings. The van der Waals surface area contributed by atoms with E-state index in [2.05, 4.69) is 109 Å². The first-order valence-corrected chi connectivity index (χ1v) is 9.71. The van der Waals surface area contributed by atoms with Crippen LogP contribution in [0.1, 0.15) is 0 Å². The summed E-state index contributed by atoms with van der Waals surface area (Å²) in [5.74, 6) is 0.